The highest BCUT2D eigenvalue weighted by Gasteiger charge is 2.39. The third kappa shape index (κ3) is 5.66. The minimum atomic E-state index is -1.02. The molecule has 0 radical (unpaired) electrons. The van der Waals surface area contributed by atoms with Gasteiger partial charge < -0.3 is 9.84 Å². The maximum Gasteiger partial charge on any atom is 0.336 e. The summed E-state index contributed by atoms with van der Waals surface area (Å²) in [5.74, 6) is -3.17. The van der Waals surface area contributed by atoms with E-state index in [1.165, 1.54) is 0 Å². The standard InChI is InChI=1S/C26H25NO4/c1-18-23(25(28)29)22(16-15-21-12-7-4-8-13-21)24(19(2)27-18)26(30)31-17-9-14-20-10-5-3-6-11-20/h3-16,22-23H,17H2,1-2H3,(H,28,29). The van der Waals surface area contributed by atoms with Crippen molar-refractivity contribution in [1.29, 1.82) is 0 Å². The van der Waals surface area contributed by atoms with Crippen molar-refractivity contribution in [1.82, 2.24) is 0 Å². The molecule has 0 spiro atoms. The fourth-order valence-corrected chi connectivity index (χ4v) is 3.61. The number of carboxylic acid groups (broad SMARTS) is 1. The molecule has 2 aromatic carbocycles. The van der Waals surface area contributed by atoms with E-state index in [9.17, 15) is 14.7 Å². The van der Waals surface area contributed by atoms with E-state index in [1.54, 1.807) is 26.0 Å². The molecular formula is C26H25NO4. The lowest BCUT2D eigenvalue weighted by atomic mass is 9.79. The van der Waals surface area contributed by atoms with Crippen LogP contribution in [0, 0.1) is 11.8 Å². The molecule has 1 N–H and O–H groups in total. The first-order valence-electron chi connectivity index (χ1n) is 10.1. The van der Waals surface area contributed by atoms with Crippen LogP contribution in [-0.4, -0.2) is 29.4 Å². The van der Waals surface area contributed by atoms with Gasteiger partial charge in [0.25, 0.3) is 0 Å². The Hall–Kier alpha value is -3.73. The van der Waals surface area contributed by atoms with Gasteiger partial charge in [0.05, 0.1) is 5.57 Å². The van der Waals surface area contributed by atoms with Gasteiger partial charge in [-0.3, -0.25) is 9.79 Å². The van der Waals surface area contributed by atoms with Gasteiger partial charge >= 0.3 is 11.9 Å². The van der Waals surface area contributed by atoms with E-state index in [0.29, 0.717) is 11.4 Å². The lowest BCUT2D eigenvalue weighted by molar-refractivity contribution is -0.141. The molecule has 31 heavy (non-hydrogen) atoms. The van der Waals surface area contributed by atoms with Crippen molar-refractivity contribution < 1.29 is 19.4 Å². The van der Waals surface area contributed by atoms with Crippen LogP contribution in [0.3, 0.4) is 0 Å². The number of aliphatic carboxylic acids is 1. The van der Waals surface area contributed by atoms with Crippen LogP contribution in [0.1, 0.15) is 25.0 Å². The molecule has 0 fully saturated rings. The normalized spacial score (nSPS) is 19.0. The highest BCUT2D eigenvalue weighted by atomic mass is 16.5. The molecule has 1 heterocycles. The molecule has 1 aliphatic heterocycles. The third-order valence-corrected chi connectivity index (χ3v) is 5.08. The lowest BCUT2D eigenvalue weighted by Crippen LogP contribution is -2.35. The molecular weight excluding hydrogens is 390 g/mol. The van der Waals surface area contributed by atoms with E-state index in [0.717, 1.165) is 11.1 Å². The molecule has 0 bridgehead atoms. The molecule has 2 unspecified atom stereocenters. The quantitative estimate of drug-likeness (QED) is 0.644. The van der Waals surface area contributed by atoms with Gasteiger partial charge in [-0.25, -0.2) is 4.79 Å². The summed E-state index contributed by atoms with van der Waals surface area (Å²) in [6.45, 7) is 3.47. The number of carbonyl (C=O) groups is 2. The van der Waals surface area contributed by atoms with Gasteiger partial charge in [0.2, 0.25) is 0 Å². The second-order valence-electron chi connectivity index (χ2n) is 7.28. The predicted molar refractivity (Wildman–Crippen MR) is 122 cm³/mol. The van der Waals surface area contributed by atoms with Crippen LogP contribution in [0.2, 0.25) is 0 Å². The van der Waals surface area contributed by atoms with Crippen molar-refractivity contribution in [2.24, 2.45) is 16.8 Å². The molecule has 3 rings (SSSR count). The van der Waals surface area contributed by atoms with E-state index in [-0.39, 0.29) is 12.2 Å². The van der Waals surface area contributed by atoms with Crippen molar-refractivity contribution >= 4 is 29.8 Å². The minimum Gasteiger partial charge on any atom is -0.481 e. The van der Waals surface area contributed by atoms with E-state index < -0.39 is 23.8 Å². The fraction of sp³-hybridized carbons (Fsp3) is 0.192. The van der Waals surface area contributed by atoms with E-state index in [4.69, 9.17) is 4.74 Å². The van der Waals surface area contributed by atoms with Crippen molar-refractivity contribution in [3.05, 3.63) is 95.2 Å². The monoisotopic (exact) mass is 415 g/mol. The summed E-state index contributed by atoms with van der Waals surface area (Å²) in [5.41, 5.74) is 3.14. The molecule has 5 heteroatoms. The fourth-order valence-electron chi connectivity index (χ4n) is 3.61. The smallest absolute Gasteiger partial charge is 0.336 e. The van der Waals surface area contributed by atoms with Crippen LogP contribution in [0.5, 0.6) is 0 Å². The van der Waals surface area contributed by atoms with Crippen molar-refractivity contribution in [2.75, 3.05) is 6.61 Å². The van der Waals surface area contributed by atoms with Crippen LogP contribution in [-0.2, 0) is 14.3 Å². The first-order valence-corrected chi connectivity index (χ1v) is 10.1. The van der Waals surface area contributed by atoms with Crippen LogP contribution in [0.25, 0.3) is 12.2 Å². The van der Waals surface area contributed by atoms with E-state index >= 15 is 0 Å². The Morgan fingerprint density at radius 2 is 1.55 bits per heavy atom. The van der Waals surface area contributed by atoms with Crippen molar-refractivity contribution in [2.45, 2.75) is 13.8 Å². The number of hydrogen-bond acceptors (Lipinski definition) is 4. The summed E-state index contributed by atoms with van der Waals surface area (Å²) >= 11 is 0. The van der Waals surface area contributed by atoms with Gasteiger partial charge in [0.15, 0.2) is 0 Å². The minimum absolute atomic E-state index is 0.0834. The Morgan fingerprint density at radius 3 is 2.13 bits per heavy atom. The Kier molecular flexibility index (Phi) is 7.33. The SMILES string of the molecule is CC1=NC(C)=C(C(=O)OCC=Cc2ccccc2)C(C=Cc2ccccc2)C1C(=O)O. The first-order chi connectivity index (χ1) is 15.0. The number of nitrogens with zero attached hydrogens (tertiary/aromatic N) is 1. The van der Waals surface area contributed by atoms with Gasteiger partial charge in [-0.1, -0.05) is 78.9 Å². The van der Waals surface area contributed by atoms with Gasteiger partial charge in [-0.05, 0) is 31.1 Å². The molecule has 2 atom stereocenters. The van der Waals surface area contributed by atoms with Gasteiger partial charge in [-0.15, -0.1) is 0 Å². The number of rotatable bonds is 7. The maximum absolute atomic E-state index is 12.9. The summed E-state index contributed by atoms with van der Waals surface area (Å²) in [7, 11) is 0. The highest BCUT2D eigenvalue weighted by molar-refractivity contribution is 6.05. The summed E-state index contributed by atoms with van der Waals surface area (Å²) in [5, 5.41) is 9.80. The summed E-state index contributed by atoms with van der Waals surface area (Å²) < 4.78 is 5.44. The largest absolute Gasteiger partial charge is 0.481 e. The van der Waals surface area contributed by atoms with Gasteiger partial charge in [-0.2, -0.15) is 0 Å². The second kappa shape index (κ2) is 10.3. The average Bonchev–Trinajstić information content (AvgIpc) is 2.76. The Bertz CT molecular complexity index is 1050. The zero-order chi connectivity index (χ0) is 22.2. The summed E-state index contributed by atoms with van der Waals surface area (Å²) in [6.07, 6.45) is 7.20. The van der Waals surface area contributed by atoms with E-state index in [1.807, 2.05) is 72.8 Å². The van der Waals surface area contributed by atoms with Crippen LogP contribution in [0.4, 0.5) is 0 Å². The number of carboxylic acids is 1. The number of carbonyl (C=O) groups excluding carboxylic acids is 1. The molecule has 0 aromatic heterocycles. The Morgan fingerprint density at radius 1 is 0.968 bits per heavy atom. The molecule has 0 saturated heterocycles. The molecule has 5 nitrogen and oxygen atoms in total. The number of aliphatic imine (C=N–C) groups is 1. The zero-order valence-electron chi connectivity index (χ0n) is 17.6. The van der Waals surface area contributed by atoms with Crippen LogP contribution in [0.15, 0.2) is 89.1 Å². The first kappa shape index (κ1) is 22.0. The average molecular weight is 415 g/mol. The number of hydrogen-bond donors (Lipinski definition) is 1. The molecule has 158 valence electrons. The van der Waals surface area contributed by atoms with E-state index in [2.05, 4.69) is 4.99 Å². The highest BCUT2D eigenvalue weighted by Crippen LogP contribution is 2.33. The second-order valence-corrected chi connectivity index (χ2v) is 7.28. The molecule has 0 saturated carbocycles. The maximum atomic E-state index is 12.9. The van der Waals surface area contributed by atoms with Gasteiger partial charge in [0, 0.05) is 17.3 Å². The van der Waals surface area contributed by atoms with Crippen LogP contribution >= 0.6 is 0 Å². The Labute approximate surface area is 182 Å². The third-order valence-electron chi connectivity index (χ3n) is 5.08. The van der Waals surface area contributed by atoms with Crippen molar-refractivity contribution in [3.8, 4) is 0 Å². The predicted octanol–water partition coefficient (Wildman–Crippen LogP) is 5.02. The number of allylic oxidation sites excluding steroid dienone is 2. The Balaban J connectivity index is 1.82. The molecule has 2 aromatic rings. The topological polar surface area (TPSA) is 76.0 Å². The summed E-state index contributed by atoms with van der Waals surface area (Å²) in [4.78, 5) is 29.2. The molecule has 1 aliphatic rings. The van der Waals surface area contributed by atoms with Crippen molar-refractivity contribution in [3.63, 3.8) is 0 Å². The number of esters is 1. The lowest BCUT2D eigenvalue weighted by Gasteiger charge is -2.28. The molecule has 0 amide bonds. The molecule has 0 aliphatic carbocycles. The van der Waals surface area contributed by atoms with Crippen LogP contribution < -0.4 is 0 Å². The number of ether oxygens (including phenoxy) is 1. The number of benzene rings is 2. The summed E-state index contributed by atoms with van der Waals surface area (Å²) in [6, 6.07) is 19.2. The van der Waals surface area contributed by atoms with Gasteiger partial charge in [0.1, 0.15) is 12.5 Å². The zero-order valence-corrected chi connectivity index (χ0v) is 17.6.